The van der Waals surface area contributed by atoms with E-state index in [0.717, 1.165) is 17.8 Å². The predicted molar refractivity (Wildman–Crippen MR) is 80.9 cm³/mol. The first-order chi connectivity index (χ1) is 8.99. The summed E-state index contributed by atoms with van der Waals surface area (Å²) in [5.41, 5.74) is 2.10. The second-order valence-electron chi connectivity index (χ2n) is 4.79. The van der Waals surface area contributed by atoms with Crippen LogP contribution < -0.4 is 10.6 Å². The van der Waals surface area contributed by atoms with Gasteiger partial charge in [-0.25, -0.2) is 0 Å². The van der Waals surface area contributed by atoms with Gasteiger partial charge in [0.2, 0.25) is 5.91 Å². The minimum absolute atomic E-state index is 0.0639. The molecule has 0 spiro atoms. The highest BCUT2D eigenvalue weighted by Crippen LogP contribution is 2.19. The number of hydrogen-bond acceptors (Lipinski definition) is 3. The molecule has 0 saturated carbocycles. The summed E-state index contributed by atoms with van der Waals surface area (Å²) in [7, 11) is 3.96. The smallest absolute Gasteiger partial charge is 0.221 e. The summed E-state index contributed by atoms with van der Waals surface area (Å²) < 4.78 is 0. The van der Waals surface area contributed by atoms with Gasteiger partial charge in [-0.05, 0) is 38.7 Å². The second-order valence-corrected chi connectivity index (χ2v) is 5.23. The molecule has 19 heavy (non-hydrogen) atoms. The molecule has 0 unspecified atom stereocenters. The van der Waals surface area contributed by atoms with E-state index in [1.54, 1.807) is 0 Å². The number of rotatable bonds is 7. The van der Waals surface area contributed by atoms with Crippen LogP contribution in [0.15, 0.2) is 18.2 Å². The fourth-order valence-corrected chi connectivity index (χ4v) is 1.77. The van der Waals surface area contributed by atoms with Crippen molar-refractivity contribution in [2.24, 2.45) is 0 Å². The molecule has 0 aliphatic carbocycles. The average Bonchev–Trinajstić information content (AvgIpc) is 2.33. The number of amides is 1. The van der Waals surface area contributed by atoms with Gasteiger partial charge in [-0.3, -0.25) is 4.79 Å². The zero-order valence-corrected chi connectivity index (χ0v) is 12.5. The summed E-state index contributed by atoms with van der Waals surface area (Å²) in [5, 5.41) is 6.81. The number of nitrogens with one attached hydrogen (secondary N) is 2. The van der Waals surface area contributed by atoms with Crippen molar-refractivity contribution < 1.29 is 4.79 Å². The number of nitrogens with zero attached hydrogens (tertiary/aromatic N) is 1. The number of likely N-dealkylation sites (N-methyl/N-ethyl adjacent to an activating group) is 1. The number of benzene rings is 1. The molecule has 1 aromatic rings. The molecule has 0 bridgehead atoms. The fraction of sp³-hybridized carbons (Fsp3) is 0.500. The van der Waals surface area contributed by atoms with Crippen molar-refractivity contribution in [3.05, 3.63) is 28.8 Å². The Kier molecular flexibility index (Phi) is 6.67. The maximum absolute atomic E-state index is 11.6. The number of anilines is 1. The van der Waals surface area contributed by atoms with Crippen molar-refractivity contribution in [3.8, 4) is 0 Å². The van der Waals surface area contributed by atoms with E-state index >= 15 is 0 Å². The Balaban J connectivity index is 2.26. The van der Waals surface area contributed by atoms with Crippen molar-refractivity contribution in [1.82, 2.24) is 10.2 Å². The van der Waals surface area contributed by atoms with Crippen LogP contribution in [0.5, 0.6) is 0 Å². The fourth-order valence-electron chi connectivity index (χ4n) is 1.60. The lowest BCUT2D eigenvalue weighted by Gasteiger charge is -2.12. The number of carbonyl (C=O) groups excluding carboxylic acids is 1. The van der Waals surface area contributed by atoms with Crippen LogP contribution in [-0.4, -0.2) is 44.5 Å². The summed E-state index contributed by atoms with van der Waals surface area (Å²) in [6, 6.07) is 5.69. The van der Waals surface area contributed by atoms with E-state index in [1.165, 1.54) is 0 Å². The van der Waals surface area contributed by atoms with Crippen LogP contribution >= 0.6 is 11.6 Å². The average molecular weight is 284 g/mol. The van der Waals surface area contributed by atoms with Crippen LogP contribution in [-0.2, 0) is 4.79 Å². The summed E-state index contributed by atoms with van der Waals surface area (Å²) in [4.78, 5) is 13.6. The number of carbonyl (C=O) groups is 1. The molecule has 0 heterocycles. The van der Waals surface area contributed by atoms with Gasteiger partial charge in [-0.15, -0.1) is 0 Å². The quantitative estimate of drug-likeness (QED) is 0.806. The topological polar surface area (TPSA) is 44.4 Å². The van der Waals surface area contributed by atoms with Crippen LogP contribution in [0.3, 0.4) is 0 Å². The minimum Gasteiger partial charge on any atom is -0.384 e. The van der Waals surface area contributed by atoms with Crippen LogP contribution in [0.4, 0.5) is 5.69 Å². The highest BCUT2D eigenvalue weighted by molar-refractivity contribution is 6.30. The first-order valence-electron chi connectivity index (χ1n) is 6.40. The minimum atomic E-state index is 0.0639. The maximum Gasteiger partial charge on any atom is 0.221 e. The Hall–Kier alpha value is -1.26. The summed E-state index contributed by atoms with van der Waals surface area (Å²) in [5.74, 6) is 0.0639. The highest BCUT2D eigenvalue weighted by Gasteiger charge is 2.02. The molecule has 0 fully saturated rings. The van der Waals surface area contributed by atoms with Gasteiger partial charge in [0, 0.05) is 36.8 Å². The second kappa shape index (κ2) is 8.02. The predicted octanol–water partition coefficient (Wildman–Crippen LogP) is 2.13. The van der Waals surface area contributed by atoms with Crippen LogP contribution in [0.2, 0.25) is 5.02 Å². The lowest BCUT2D eigenvalue weighted by molar-refractivity contribution is -0.120. The van der Waals surface area contributed by atoms with E-state index in [2.05, 4.69) is 10.6 Å². The van der Waals surface area contributed by atoms with Gasteiger partial charge in [0.1, 0.15) is 0 Å². The van der Waals surface area contributed by atoms with E-state index < -0.39 is 0 Å². The first kappa shape index (κ1) is 15.8. The molecular weight excluding hydrogens is 262 g/mol. The number of hydrogen-bond donors (Lipinski definition) is 2. The standard InChI is InChI=1S/C14H22ClN3O/c1-11-4-5-12(15)10-13(11)16-7-6-14(19)17-8-9-18(2)3/h4-5,10,16H,6-9H2,1-3H3,(H,17,19). The molecule has 106 valence electrons. The highest BCUT2D eigenvalue weighted by atomic mass is 35.5. The summed E-state index contributed by atoms with van der Waals surface area (Å²) in [6.45, 7) is 4.15. The molecule has 1 rings (SSSR count). The Morgan fingerprint density at radius 1 is 1.32 bits per heavy atom. The molecule has 0 aromatic heterocycles. The third kappa shape index (κ3) is 6.45. The van der Waals surface area contributed by atoms with E-state index in [9.17, 15) is 4.79 Å². The molecule has 0 aliphatic rings. The van der Waals surface area contributed by atoms with Crippen molar-refractivity contribution in [1.29, 1.82) is 0 Å². The van der Waals surface area contributed by atoms with Gasteiger partial charge in [0.15, 0.2) is 0 Å². The lowest BCUT2D eigenvalue weighted by Crippen LogP contribution is -2.32. The van der Waals surface area contributed by atoms with Gasteiger partial charge in [-0.1, -0.05) is 17.7 Å². The van der Waals surface area contributed by atoms with E-state index in [0.29, 0.717) is 24.5 Å². The van der Waals surface area contributed by atoms with Crippen LogP contribution in [0.1, 0.15) is 12.0 Å². The summed E-state index contributed by atoms with van der Waals surface area (Å²) >= 11 is 5.93. The van der Waals surface area contributed by atoms with Crippen LogP contribution in [0, 0.1) is 6.92 Å². The van der Waals surface area contributed by atoms with Crippen molar-refractivity contribution in [2.45, 2.75) is 13.3 Å². The van der Waals surface area contributed by atoms with Crippen molar-refractivity contribution >= 4 is 23.2 Å². The van der Waals surface area contributed by atoms with E-state index in [-0.39, 0.29) is 5.91 Å². The molecular formula is C14H22ClN3O. The molecule has 0 atom stereocenters. The third-order valence-corrected chi connectivity index (χ3v) is 2.98. The Morgan fingerprint density at radius 2 is 2.05 bits per heavy atom. The monoisotopic (exact) mass is 283 g/mol. The van der Waals surface area contributed by atoms with Crippen molar-refractivity contribution in [3.63, 3.8) is 0 Å². The van der Waals surface area contributed by atoms with Gasteiger partial charge >= 0.3 is 0 Å². The first-order valence-corrected chi connectivity index (χ1v) is 6.78. The molecule has 0 saturated heterocycles. The Morgan fingerprint density at radius 3 is 2.74 bits per heavy atom. The molecule has 4 nitrogen and oxygen atoms in total. The molecule has 0 radical (unpaired) electrons. The van der Waals surface area contributed by atoms with E-state index in [1.807, 2.05) is 44.1 Å². The zero-order valence-electron chi connectivity index (χ0n) is 11.8. The third-order valence-electron chi connectivity index (χ3n) is 2.75. The Labute approximate surface area is 120 Å². The molecule has 2 N–H and O–H groups in total. The normalized spacial score (nSPS) is 10.6. The zero-order chi connectivity index (χ0) is 14.3. The molecule has 0 aliphatic heterocycles. The Bertz CT molecular complexity index is 421. The molecule has 1 aromatic carbocycles. The van der Waals surface area contributed by atoms with Crippen LogP contribution in [0.25, 0.3) is 0 Å². The molecule has 1 amide bonds. The van der Waals surface area contributed by atoms with Gasteiger partial charge < -0.3 is 15.5 Å². The lowest BCUT2D eigenvalue weighted by atomic mass is 10.2. The SMILES string of the molecule is Cc1ccc(Cl)cc1NCCC(=O)NCCN(C)C. The largest absolute Gasteiger partial charge is 0.384 e. The summed E-state index contributed by atoms with van der Waals surface area (Å²) in [6.07, 6.45) is 0.458. The maximum atomic E-state index is 11.6. The van der Waals surface area contributed by atoms with Gasteiger partial charge in [0.05, 0.1) is 0 Å². The van der Waals surface area contributed by atoms with E-state index in [4.69, 9.17) is 11.6 Å². The molecule has 5 heteroatoms. The van der Waals surface area contributed by atoms with Crippen molar-refractivity contribution in [2.75, 3.05) is 39.0 Å². The number of halogens is 1. The number of aryl methyl sites for hydroxylation is 1. The van der Waals surface area contributed by atoms with Gasteiger partial charge in [-0.2, -0.15) is 0 Å². The van der Waals surface area contributed by atoms with Gasteiger partial charge in [0.25, 0.3) is 0 Å².